The van der Waals surface area contributed by atoms with E-state index in [9.17, 15) is 18.7 Å². The molecule has 1 unspecified atom stereocenters. The Morgan fingerprint density at radius 3 is 2.89 bits per heavy atom. The van der Waals surface area contributed by atoms with Crippen molar-refractivity contribution in [1.82, 2.24) is 4.98 Å². The molecule has 1 atom stereocenters. The Morgan fingerprint density at radius 2 is 2.26 bits per heavy atom. The minimum absolute atomic E-state index is 0.0313. The molecule has 1 aromatic heterocycles. The molecule has 0 radical (unpaired) electrons. The van der Waals surface area contributed by atoms with Crippen LogP contribution in [0.1, 0.15) is 15.9 Å². The smallest absolute Gasteiger partial charge is 0.261 e. The number of hydrogen-bond acceptors (Lipinski definition) is 6. The van der Waals surface area contributed by atoms with Crippen LogP contribution in [0.2, 0.25) is 0 Å². The van der Waals surface area contributed by atoms with Crippen LogP contribution in [-0.4, -0.2) is 24.8 Å². The number of amides is 1. The van der Waals surface area contributed by atoms with E-state index in [0.29, 0.717) is 5.56 Å². The lowest BCUT2D eigenvalue weighted by Gasteiger charge is -2.06. The number of nitrogens with zero attached hydrogens (tertiary/aromatic N) is 1. The Balaban J connectivity index is 2.21. The molecule has 0 fully saturated rings. The summed E-state index contributed by atoms with van der Waals surface area (Å²) in [6.07, 6.45) is 1.15. The first-order chi connectivity index (χ1) is 8.99. The number of rotatable bonds is 3. The summed E-state index contributed by atoms with van der Waals surface area (Å²) >= 11 is -1.53. The first-order valence-corrected chi connectivity index (χ1v) is 7.03. The second kappa shape index (κ2) is 5.47. The largest absolute Gasteiger partial charge is 0.768 e. The van der Waals surface area contributed by atoms with Crippen molar-refractivity contribution in [3.8, 4) is 5.75 Å². The molecule has 0 aliphatic heterocycles. The van der Waals surface area contributed by atoms with Gasteiger partial charge in [-0.2, -0.15) is 0 Å². The van der Waals surface area contributed by atoms with Gasteiger partial charge < -0.3 is 9.66 Å². The zero-order valence-electron chi connectivity index (χ0n) is 9.75. The zero-order chi connectivity index (χ0) is 14.0. The highest BCUT2D eigenvalue weighted by Gasteiger charge is 2.14. The molecule has 0 saturated carbocycles. The summed E-state index contributed by atoms with van der Waals surface area (Å²) in [5.41, 5.74) is 0.688. The number of hydrogen-bond donors (Lipinski definition) is 2. The first-order valence-electron chi connectivity index (χ1n) is 5.14. The summed E-state index contributed by atoms with van der Waals surface area (Å²) in [5, 5.41) is 12.4. The number of benzene rings is 1. The average molecular weight is 297 g/mol. The van der Waals surface area contributed by atoms with Crippen molar-refractivity contribution in [3.63, 3.8) is 0 Å². The third-order valence-electron chi connectivity index (χ3n) is 2.35. The number of anilines is 1. The van der Waals surface area contributed by atoms with Crippen molar-refractivity contribution in [1.29, 1.82) is 0 Å². The van der Waals surface area contributed by atoms with Crippen molar-refractivity contribution in [2.45, 2.75) is 11.1 Å². The van der Waals surface area contributed by atoms with Crippen LogP contribution in [0.25, 0.3) is 0 Å². The maximum absolute atomic E-state index is 11.9. The van der Waals surface area contributed by atoms with Crippen molar-refractivity contribution in [2.24, 2.45) is 0 Å². The number of aromatic hydroxyl groups is 1. The van der Waals surface area contributed by atoms with Gasteiger partial charge in [-0.3, -0.25) is 14.3 Å². The molecule has 19 heavy (non-hydrogen) atoms. The number of carbonyl (C=O) groups is 1. The monoisotopic (exact) mass is 297 g/mol. The fourth-order valence-electron chi connectivity index (χ4n) is 1.40. The lowest BCUT2D eigenvalue weighted by atomic mass is 10.1. The minimum atomic E-state index is -2.37. The summed E-state index contributed by atoms with van der Waals surface area (Å²) < 4.78 is 21.4. The van der Waals surface area contributed by atoms with Gasteiger partial charge in [-0.05, 0) is 29.6 Å². The topological polar surface area (TPSA) is 102 Å². The van der Waals surface area contributed by atoms with Crippen LogP contribution in [-0.2, 0) is 11.1 Å². The molecule has 100 valence electrons. The van der Waals surface area contributed by atoms with Crippen molar-refractivity contribution in [2.75, 3.05) is 5.32 Å². The Labute approximate surface area is 115 Å². The van der Waals surface area contributed by atoms with E-state index >= 15 is 0 Å². The van der Waals surface area contributed by atoms with Crippen LogP contribution >= 0.6 is 11.3 Å². The highest BCUT2D eigenvalue weighted by Crippen LogP contribution is 2.25. The summed E-state index contributed by atoms with van der Waals surface area (Å²) in [4.78, 5) is 15.7. The molecule has 2 aromatic rings. The van der Waals surface area contributed by atoms with Gasteiger partial charge in [0.15, 0.2) is 5.13 Å². The van der Waals surface area contributed by atoms with E-state index in [1.807, 2.05) is 0 Å². The van der Waals surface area contributed by atoms with Crippen LogP contribution in [0.15, 0.2) is 28.6 Å². The van der Waals surface area contributed by atoms with Crippen LogP contribution in [0.3, 0.4) is 0 Å². The fraction of sp³-hybridized carbons (Fsp3) is 0.0909. The number of aromatic nitrogens is 1. The third-order valence-corrected chi connectivity index (χ3v) is 4.15. The molecular formula is C11H9N2O4S2-. The lowest BCUT2D eigenvalue weighted by molar-refractivity contribution is 0.102. The summed E-state index contributed by atoms with van der Waals surface area (Å²) in [5.74, 6) is -0.650. The molecule has 0 saturated heterocycles. The number of nitrogens with one attached hydrogen (secondary N) is 1. The van der Waals surface area contributed by atoms with Crippen LogP contribution < -0.4 is 5.32 Å². The Bertz CT molecular complexity index is 654. The number of thiazole rings is 1. The van der Waals surface area contributed by atoms with E-state index in [4.69, 9.17) is 0 Å². The van der Waals surface area contributed by atoms with Crippen LogP contribution in [0.5, 0.6) is 5.75 Å². The van der Waals surface area contributed by atoms with E-state index in [2.05, 4.69) is 10.3 Å². The molecule has 0 aliphatic rings. The standard InChI is InChI=1S/C11H10N2O4S2/c1-6-3-2-4-7(9(6)14)10(15)13-11-12-5-8(18-11)19(16)17/h2-5,14H,1H3,(H,16,17)(H,12,13,15)/p-1. The van der Waals surface area contributed by atoms with Crippen molar-refractivity contribution in [3.05, 3.63) is 35.5 Å². The molecule has 2 rings (SSSR count). The number of phenols is 1. The highest BCUT2D eigenvalue weighted by molar-refractivity contribution is 7.81. The third kappa shape index (κ3) is 2.98. The molecule has 0 bridgehead atoms. The minimum Gasteiger partial charge on any atom is -0.768 e. The number of aryl methyl sites for hydroxylation is 1. The van der Waals surface area contributed by atoms with E-state index < -0.39 is 17.0 Å². The molecule has 2 N–H and O–H groups in total. The lowest BCUT2D eigenvalue weighted by Crippen LogP contribution is -2.12. The maximum atomic E-state index is 11.9. The molecule has 0 aliphatic carbocycles. The van der Waals surface area contributed by atoms with Crippen molar-refractivity contribution >= 4 is 33.5 Å². The second-order valence-corrected chi connectivity index (χ2v) is 5.84. The van der Waals surface area contributed by atoms with Gasteiger partial charge in [0.1, 0.15) is 5.75 Å². The Hall–Kier alpha value is -1.77. The normalized spacial score (nSPS) is 12.1. The van der Waals surface area contributed by atoms with Crippen LogP contribution in [0.4, 0.5) is 5.13 Å². The molecular weight excluding hydrogens is 288 g/mol. The van der Waals surface area contributed by atoms with Gasteiger partial charge in [0.2, 0.25) is 0 Å². The average Bonchev–Trinajstić information content (AvgIpc) is 2.81. The molecule has 0 spiro atoms. The quantitative estimate of drug-likeness (QED) is 0.838. The first kappa shape index (κ1) is 13.7. The number of para-hydroxylation sites is 1. The molecule has 8 heteroatoms. The molecule has 1 aromatic carbocycles. The predicted octanol–water partition coefficient (Wildman–Crippen LogP) is 1.65. The zero-order valence-corrected chi connectivity index (χ0v) is 11.4. The van der Waals surface area contributed by atoms with Gasteiger partial charge in [0, 0.05) is 0 Å². The van der Waals surface area contributed by atoms with Gasteiger partial charge in [-0.15, -0.1) is 0 Å². The summed E-state index contributed by atoms with van der Waals surface area (Å²) in [7, 11) is 0. The molecule has 1 amide bonds. The van der Waals surface area contributed by atoms with Gasteiger partial charge >= 0.3 is 0 Å². The summed E-state index contributed by atoms with van der Waals surface area (Å²) in [6.45, 7) is 1.67. The predicted molar refractivity (Wildman–Crippen MR) is 70.1 cm³/mol. The molecule has 1 heterocycles. The van der Waals surface area contributed by atoms with Gasteiger partial charge in [-0.25, -0.2) is 4.98 Å². The maximum Gasteiger partial charge on any atom is 0.261 e. The van der Waals surface area contributed by atoms with Gasteiger partial charge in [0.25, 0.3) is 5.91 Å². The number of phenolic OH excluding ortho intramolecular Hbond substituents is 1. The van der Waals surface area contributed by atoms with Crippen LogP contribution in [0, 0.1) is 6.92 Å². The van der Waals surface area contributed by atoms with E-state index in [-0.39, 0.29) is 20.7 Å². The van der Waals surface area contributed by atoms with Gasteiger partial charge in [0.05, 0.1) is 16.0 Å². The molecule has 6 nitrogen and oxygen atoms in total. The van der Waals surface area contributed by atoms with Gasteiger partial charge in [-0.1, -0.05) is 23.5 Å². The Kier molecular flexibility index (Phi) is 3.93. The van der Waals surface area contributed by atoms with E-state index in [1.54, 1.807) is 19.1 Å². The van der Waals surface area contributed by atoms with E-state index in [0.717, 1.165) is 17.5 Å². The fourth-order valence-corrected chi connectivity index (χ4v) is 2.59. The SMILES string of the molecule is Cc1cccc(C(=O)Nc2ncc(S(=O)[O-])s2)c1O. The highest BCUT2D eigenvalue weighted by atomic mass is 32.2. The summed E-state index contributed by atoms with van der Waals surface area (Å²) in [6, 6.07) is 4.79. The second-order valence-electron chi connectivity index (χ2n) is 3.64. The Morgan fingerprint density at radius 1 is 1.53 bits per heavy atom. The number of carbonyl (C=O) groups excluding carboxylic acids is 1. The van der Waals surface area contributed by atoms with Crippen molar-refractivity contribution < 1.29 is 18.7 Å². The van der Waals surface area contributed by atoms with E-state index in [1.165, 1.54) is 6.07 Å².